The summed E-state index contributed by atoms with van der Waals surface area (Å²) in [6, 6.07) is 0. The number of hydrogen-bond acceptors (Lipinski definition) is 2. The average molecular weight is 222 g/mol. The fraction of sp³-hybridized carbons (Fsp3) is 0.714. The van der Waals surface area contributed by atoms with E-state index in [2.05, 4.69) is 11.8 Å². The van der Waals surface area contributed by atoms with Crippen LogP contribution in [0, 0.1) is 11.8 Å². The van der Waals surface area contributed by atoms with Crippen LogP contribution in [0.15, 0.2) is 0 Å². The van der Waals surface area contributed by atoms with Crippen molar-refractivity contribution in [2.24, 2.45) is 0 Å². The minimum atomic E-state index is 0.685. The third kappa shape index (κ3) is 12.9. The maximum Gasteiger partial charge on any atom is 0.119 e. The minimum absolute atomic E-state index is 0.685. The van der Waals surface area contributed by atoms with Gasteiger partial charge in [0.25, 0.3) is 0 Å². The highest BCUT2D eigenvalue weighted by Gasteiger charge is 1.87. The highest BCUT2D eigenvalue weighted by molar-refractivity contribution is 5.49. The highest BCUT2D eigenvalue weighted by atomic mass is 16.1. The molecule has 0 spiro atoms. The second-order valence-electron chi connectivity index (χ2n) is 3.89. The van der Waals surface area contributed by atoms with E-state index in [4.69, 9.17) is 0 Å². The van der Waals surface area contributed by atoms with Gasteiger partial charge in [0.1, 0.15) is 12.6 Å². The van der Waals surface area contributed by atoms with Crippen LogP contribution in [0.25, 0.3) is 0 Å². The van der Waals surface area contributed by atoms with Crippen LogP contribution in [0.1, 0.15) is 64.2 Å². The lowest BCUT2D eigenvalue weighted by Gasteiger charge is -1.93. The van der Waals surface area contributed by atoms with Crippen molar-refractivity contribution in [2.45, 2.75) is 64.2 Å². The Balaban J connectivity index is 3.09. The molecule has 0 amide bonds. The molecule has 0 aromatic rings. The topological polar surface area (TPSA) is 34.1 Å². The van der Waals surface area contributed by atoms with E-state index >= 15 is 0 Å². The fourth-order valence-electron chi connectivity index (χ4n) is 1.41. The van der Waals surface area contributed by atoms with E-state index in [9.17, 15) is 9.59 Å². The second kappa shape index (κ2) is 13.9. The smallest absolute Gasteiger partial charge is 0.119 e. The maximum atomic E-state index is 10.0. The lowest BCUT2D eigenvalue weighted by molar-refractivity contribution is -0.108. The SMILES string of the molecule is O=CCCCCCC#CCCCCCC=O. The molecule has 0 fully saturated rings. The zero-order chi connectivity index (χ0) is 11.9. The molecule has 0 bridgehead atoms. The summed E-state index contributed by atoms with van der Waals surface area (Å²) < 4.78 is 0. The molecule has 16 heavy (non-hydrogen) atoms. The van der Waals surface area contributed by atoms with Gasteiger partial charge in [-0.05, 0) is 25.7 Å². The summed E-state index contributed by atoms with van der Waals surface area (Å²) in [7, 11) is 0. The van der Waals surface area contributed by atoms with Crippen LogP contribution in [0.2, 0.25) is 0 Å². The lowest BCUT2D eigenvalue weighted by Crippen LogP contribution is -1.79. The number of carbonyl (C=O) groups is 2. The van der Waals surface area contributed by atoms with Crippen molar-refractivity contribution in [1.82, 2.24) is 0 Å². The van der Waals surface area contributed by atoms with Gasteiger partial charge >= 0.3 is 0 Å². The summed E-state index contributed by atoms with van der Waals surface area (Å²) in [5, 5.41) is 0. The molecule has 0 aliphatic rings. The van der Waals surface area contributed by atoms with Crippen molar-refractivity contribution in [3.8, 4) is 11.8 Å². The Labute approximate surface area is 98.8 Å². The van der Waals surface area contributed by atoms with Gasteiger partial charge in [-0.2, -0.15) is 0 Å². The normalized spacial score (nSPS) is 9.25. The molecule has 0 rings (SSSR count). The van der Waals surface area contributed by atoms with Crippen LogP contribution in [0.5, 0.6) is 0 Å². The van der Waals surface area contributed by atoms with Crippen molar-refractivity contribution < 1.29 is 9.59 Å². The van der Waals surface area contributed by atoms with Crippen LogP contribution in [0.4, 0.5) is 0 Å². The Morgan fingerprint density at radius 1 is 0.625 bits per heavy atom. The van der Waals surface area contributed by atoms with E-state index in [0.717, 1.165) is 63.9 Å². The first-order valence-electron chi connectivity index (χ1n) is 6.25. The van der Waals surface area contributed by atoms with Crippen LogP contribution in [-0.2, 0) is 9.59 Å². The Morgan fingerprint density at radius 2 is 1.06 bits per heavy atom. The molecule has 2 nitrogen and oxygen atoms in total. The van der Waals surface area contributed by atoms with Crippen molar-refractivity contribution >= 4 is 12.6 Å². The Hall–Kier alpha value is -1.10. The van der Waals surface area contributed by atoms with Gasteiger partial charge in [-0.25, -0.2) is 0 Å². The molecule has 90 valence electrons. The van der Waals surface area contributed by atoms with Gasteiger partial charge in [0.2, 0.25) is 0 Å². The van der Waals surface area contributed by atoms with Crippen LogP contribution in [-0.4, -0.2) is 12.6 Å². The van der Waals surface area contributed by atoms with Crippen molar-refractivity contribution in [3.05, 3.63) is 0 Å². The van der Waals surface area contributed by atoms with Crippen molar-refractivity contribution in [1.29, 1.82) is 0 Å². The van der Waals surface area contributed by atoms with Gasteiger partial charge in [-0.15, -0.1) is 11.8 Å². The minimum Gasteiger partial charge on any atom is -0.303 e. The van der Waals surface area contributed by atoms with Crippen LogP contribution < -0.4 is 0 Å². The molecule has 0 heterocycles. The molecule has 2 heteroatoms. The van der Waals surface area contributed by atoms with E-state index in [1.165, 1.54) is 0 Å². The molecule has 0 aromatic carbocycles. The number of aldehydes is 2. The molecule has 0 N–H and O–H groups in total. The standard InChI is InChI=1S/C14H22O2/c15-13-11-9-7-5-3-1-2-4-6-8-10-12-14-16/h13-14H,3-12H2. The molecule has 0 saturated carbocycles. The second-order valence-corrected chi connectivity index (χ2v) is 3.89. The summed E-state index contributed by atoms with van der Waals surface area (Å²) >= 11 is 0. The Morgan fingerprint density at radius 3 is 1.44 bits per heavy atom. The molecule has 0 atom stereocenters. The predicted molar refractivity (Wildman–Crippen MR) is 66.1 cm³/mol. The summed E-state index contributed by atoms with van der Waals surface area (Å²) in [6.07, 6.45) is 11.6. The van der Waals surface area contributed by atoms with E-state index in [-0.39, 0.29) is 0 Å². The molecular formula is C14H22O2. The lowest BCUT2D eigenvalue weighted by atomic mass is 10.1. The number of hydrogen-bond donors (Lipinski definition) is 0. The third-order valence-corrected chi connectivity index (χ3v) is 2.37. The van der Waals surface area contributed by atoms with Gasteiger partial charge in [-0.3, -0.25) is 0 Å². The summed E-state index contributed by atoms with van der Waals surface area (Å²) in [5.41, 5.74) is 0. The molecular weight excluding hydrogens is 200 g/mol. The summed E-state index contributed by atoms with van der Waals surface area (Å²) in [4.78, 5) is 20.1. The first kappa shape index (κ1) is 14.9. The number of unbranched alkanes of at least 4 members (excludes halogenated alkanes) is 8. The van der Waals surface area contributed by atoms with Crippen LogP contribution in [0.3, 0.4) is 0 Å². The zero-order valence-corrected chi connectivity index (χ0v) is 10.0. The largest absolute Gasteiger partial charge is 0.303 e. The quantitative estimate of drug-likeness (QED) is 0.323. The first-order chi connectivity index (χ1) is 7.91. The van der Waals surface area contributed by atoms with E-state index in [0.29, 0.717) is 12.8 Å². The maximum absolute atomic E-state index is 10.0. The van der Waals surface area contributed by atoms with E-state index in [1.54, 1.807) is 0 Å². The molecule has 0 aromatic heterocycles. The fourth-order valence-corrected chi connectivity index (χ4v) is 1.41. The summed E-state index contributed by atoms with van der Waals surface area (Å²) in [5.74, 6) is 6.29. The van der Waals surface area contributed by atoms with Crippen LogP contribution >= 0.6 is 0 Å². The molecule has 0 unspecified atom stereocenters. The van der Waals surface area contributed by atoms with Gasteiger partial charge < -0.3 is 9.59 Å². The summed E-state index contributed by atoms with van der Waals surface area (Å²) in [6.45, 7) is 0. The highest BCUT2D eigenvalue weighted by Crippen LogP contribution is 2.02. The monoisotopic (exact) mass is 222 g/mol. The van der Waals surface area contributed by atoms with Gasteiger partial charge in [0, 0.05) is 25.7 Å². The third-order valence-electron chi connectivity index (χ3n) is 2.37. The Kier molecular flexibility index (Phi) is 12.9. The van der Waals surface area contributed by atoms with Gasteiger partial charge in [-0.1, -0.05) is 12.8 Å². The average Bonchev–Trinajstić information content (AvgIpc) is 2.31. The molecule has 0 saturated heterocycles. The molecule has 0 aliphatic heterocycles. The van der Waals surface area contributed by atoms with Crippen molar-refractivity contribution in [3.63, 3.8) is 0 Å². The van der Waals surface area contributed by atoms with Gasteiger partial charge in [0.15, 0.2) is 0 Å². The molecule has 0 aliphatic carbocycles. The van der Waals surface area contributed by atoms with E-state index < -0.39 is 0 Å². The Bertz CT molecular complexity index is 201. The molecule has 0 radical (unpaired) electrons. The number of rotatable bonds is 10. The van der Waals surface area contributed by atoms with E-state index in [1.807, 2.05) is 0 Å². The predicted octanol–water partition coefficient (Wildman–Crippen LogP) is 3.29. The number of carbonyl (C=O) groups excluding carboxylic acids is 2. The van der Waals surface area contributed by atoms with Crippen molar-refractivity contribution in [2.75, 3.05) is 0 Å². The van der Waals surface area contributed by atoms with Gasteiger partial charge in [0.05, 0.1) is 0 Å². The first-order valence-corrected chi connectivity index (χ1v) is 6.25. The zero-order valence-electron chi connectivity index (χ0n) is 10.0.